The third-order valence-corrected chi connectivity index (χ3v) is 3.66. The minimum atomic E-state index is -0.0730. The maximum atomic E-state index is 12.0. The van der Waals surface area contributed by atoms with Crippen LogP contribution >= 0.6 is 22.6 Å². The van der Waals surface area contributed by atoms with Crippen LogP contribution in [0.25, 0.3) is 0 Å². The van der Waals surface area contributed by atoms with Gasteiger partial charge in [0.25, 0.3) is 5.91 Å². The molecule has 2 N–H and O–H groups in total. The summed E-state index contributed by atoms with van der Waals surface area (Å²) in [6.07, 6.45) is 1.19. The van der Waals surface area contributed by atoms with Crippen LogP contribution in [0.1, 0.15) is 23.2 Å². The molecule has 4 nitrogen and oxygen atoms in total. The molecule has 0 aromatic heterocycles. The van der Waals surface area contributed by atoms with Crippen molar-refractivity contribution in [2.45, 2.75) is 18.9 Å². The number of rotatable bonds is 2. The van der Waals surface area contributed by atoms with E-state index in [0.29, 0.717) is 24.9 Å². The van der Waals surface area contributed by atoms with Crippen molar-refractivity contribution in [3.63, 3.8) is 0 Å². The second-order valence-corrected chi connectivity index (χ2v) is 5.16. The molecule has 5 heteroatoms. The lowest BCUT2D eigenvalue weighted by Gasteiger charge is -2.23. The molecule has 1 aliphatic heterocycles. The number of halogens is 1. The molecule has 1 aromatic rings. The van der Waals surface area contributed by atoms with E-state index < -0.39 is 0 Å². The Morgan fingerprint density at radius 3 is 2.82 bits per heavy atom. The zero-order chi connectivity index (χ0) is 12.3. The van der Waals surface area contributed by atoms with Crippen molar-refractivity contribution in [2.75, 3.05) is 6.54 Å². The van der Waals surface area contributed by atoms with Crippen molar-refractivity contribution in [3.8, 4) is 0 Å². The van der Waals surface area contributed by atoms with Crippen LogP contribution in [-0.4, -0.2) is 24.4 Å². The highest BCUT2D eigenvalue weighted by Crippen LogP contribution is 2.12. The van der Waals surface area contributed by atoms with Gasteiger partial charge in [0.15, 0.2) is 0 Å². The average Bonchev–Trinajstić information content (AvgIpc) is 2.32. The molecule has 2 rings (SSSR count). The second kappa shape index (κ2) is 5.48. The lowest BCUT2D eigenvalue weighted by molar-refractivity contribution is -0.122. The lowest BCUT2D eigenvalue weighted by atomic mass is 10.1. The van der Waals surface area contributed by atoms with Crippen LogP contribution in [0.5, 0.6) is 0 Å². The maximum Gasteiger partial charge on any atom is 0.252 e. The van der Waals surface area contributed by atoms with Gasteiger partial charge in [-0.25, -0.2) is 0 Å². The molecule has 1 aromatic carbocycles. The fraction of sp³-hybridized carbons (Fsp3) is 0.333. The number of benzene rings is 1. The van der Waals surface area contributed by atoms with Crippen LogP contribution < -0.4 is 10.6 Å². The summed E-state index contributed by atoms with van der Waals surface area (Å²) in [5, 5.41) is 5.69. The van der Waals surface area contributed by atoms with Gasteiger partial charge in [-0.2, -0.15) is 0 Å². The molecule has 0 saturated carbocycles. The van der Waals surface area contributed by atoms with Crippen molar-refractivity contribution in [3.05, 3.63) is 33.4 Å². The average molecular weight is 344 g/mol. The number of amides is 2. The lowest BCUT2D eigenvalue weighted by Crippen LogP contribution is -2.47. The first-order valence-corrected chi connectivity index (χ1v) is 6.57. The first-order valence-electron chi connectivity index (χ1n) is 5.49. The Hall–Kier alpha value is -1.11. The molecule has 1 fully saturated rings. The van der Waals surface area contributed by atoms with E-state index in [-0.39, 0.29) is 17.9 Å². The van der Waals surface area contributed by atoms with Gasteiger partial charge in [0.05, 0.1) is 5.56 Å². The minimum Gasteiger partial charge on any atom is -0.354 e. The van der Waals surface area contributed by atoms with Gasteiger partial charge in [-0.15, -0.1) is 0 Å². The van der Waals surface area contributed by atoms with Crippen LogP contribution in [-0.2, 0) is 4.79 Å². The third kappa shape index (κ3) is 3.18. The Morgan fingerprint density at radius 2 is 2.18 bits per heavy atom. The summed E-state index contributed by atoms with van der Waals surface area (Å²) in [6, 6.07) is 7.49. The highest BCUT2D eigenvalue weighted by Gasteiger charge is 2.20. The van der Waals surface area contributed by atoms with Gasteiger partial charge in [0, 0.05) is 22.6 Å². The van der Waals surface area contributed by atoms with Crippen LogP contribution in [0.2, 0.25) is 0 Å². The Balaban J connectivity index is 1.98. The van der Waals surface area contributed by atoms with Gasteiger partial charge >= 0.3 is 0 Å². The smallest absolute Gasteiger partial charge is 0.252 e. The van der Waals surface area contributed by atoms with E-state index in [1.54, 1.807) is 6.07 Å². The summed E-state index contributed by atoms with van der Waals surface area (Å²) in [7, 11) is 0. The van der Waals surface area contributed by atoms with Gasteiger partial charge in [0.1, 0.15) is 0 Å². The summed E-state index contributed by atoms with van der Waals surface area (Å²) in [5.41, 5.74) is 0.685. The molecule has 0 bridgehead atoms. The Labute approximate surface area is 113 Å². The highest BCUT2D eigenvalue weighted by atomic mass is 127. The number of hydrogen-bond acceptors (Lipinski definition) is 2. The summed E-state index contributed by atoms with van der Waals surface area (Å²) < 4.78 is 0.933. The molecule has 17 heavy (non-hydrogen) atoms. The molecular formula is C12H13IN2O2. The molecule has 1 saturated heterocycles. The van der Waals surface area contributed by atoms with Gasteiger partial charge < -0.3 is 10.6 Å². The number of piperidine rings is 1. The Kier molecular flexibility index (Phi) is 3.98. The largest absolute Gasteiger partial charge is 0.354 e. The topological polar surface area (TPSA) is 58.2 Å². The quantitative estimate of drug-likeness (QED) is 0.795. The molecule has 1 unspecified atom stereocenters. The van der Waals surface area contributed by atoms with E-state index in [0.717, 1.165) is 3.57 Å². The molecular weight excluding hydrogens is 331 g/mol. The van der Waals surface area contributed by atoms with Crippen LogP contribution in [0.4, 0.5) is 0 Å². The fourth-order valence-electron chi connectivity index (χ4n) is 1.76. The molecule has 0 aliphatic carbocycles. The van der Waals surface area contributed by atoms with Crippen LogP contribution in [0, 0.1) is 3.57 Å². The highest BCUT2D eigenvalue weighted by molar-refractivity contribution is 14.1. The van der Waals surface area contributed by atoms with Crippen LogP contribution in [0.3, 0.4) is 0 Å². The van der Waals surface area contributed by atoms with Crippen molar-refractivity contribution >= 4 is 34.4 Å². The third-order valence-electron chi connectivity index (χ3n) is 2.72. The van der Waals surface area contributed by atoms with Crippen molar-refractivity contribution in [1.29, 1.82) is 0 Å². The van der Waals surface area contributed by atoms with E-state index in [9.17, 15) is 9.59 Å². The zero-order valence-corrected chi connectivity index (χ0v) is 11.4. The Bertz CT molecular complexity index is 438. The summed E-state index contributed by atoms with van der Waals surface area (Å²) >= 11 is 2.14. The molecule has 0 radical (unpaired) electrons. The maximum absolute atomic E-state index is 12.0. The van der Waals surface area contributed by atoms with Crippen molar-refractivity contribution < 1.29 is 9.59 Å². The van der Waals surface area contributed by atoms with Crippen LogP contribution in [0.15, 0.2) is 24.3 Å². The first-order chi connectivity index (χ1) is 8.16. The number of carbonyl (C=O) groups is 2. The minimum absolute atomic E-state index is 0.0382. The number of nitrogens with one attached hydrogen (secondary N) is 2. The molecule has 1 aliphatic rings. The van der Waals surface area contributed by atoms with E-state index in [1.807, 2.05) is 18.2 Å². The molecule has 2 amide bonds. The standard InChI is InChI=1S/C12H13IN2O2/c13-10-4-2-1-3-9(10)12(17)15-8-5-6-11(16)14-7-8/h1-4,8H,5-7H2,(H,14,16)(H,15,17). The van der Waals surface area contributed by atoms with Gasteiger partial charge in [-0.1, -0.05) is 12.1 Å². The van der Waals surface area contributed by atoms with Crippen molar-refractivity contribution in [1.82, 2.24) is 10.6 Å². The number of hydrogen-bond donors (Lipinski definition) is 2. The van der Waals surface area contributed by atoms with E-state index in [1.165, 1.54) is 0 Å². The zero-order valence-electron chi connectivity index (χ0n) is 9.20. The summed E-state index contributed by atoms with van der Waals surface area (Å²) in [6.45, 7) is 0.522. The predicted molar refractivity (Wildman–Crippen MR) is 72.7 cm³/mol. The molecule has 1 heterocycles. The van der Waals surface area contributed by atoms with Gasteiger partial charge in [-0.3, -0.25) is 9.59 Å². The molecule has 90 valence electrons. The predicted octanol–water partition coefficient (Wildman–Crippen LogP) is 1.30. The Morgan fingerprint density at radius 1 is 1.41 bits per heavy atom. The van der Waals surface area contributed by atoms with Gasteiger partial charge in [-0.05, 0) is 41.1 Å². The fourth-order valence-corrected chi connectivity index (χ4v) is 2.40. The number of carbonyl (C=O) groups excluding carboxylic acids is 2. The van der Waals surface area contributed by atoms with E-state index in [4.69, 9.17) is 0 Å². The monoisotopic (exact) mass is 344 g/mol. The molecule has 0 spiro atoms. The summed E-state index contributed by atoms with van der Waals surface area (Å²) in [4.78, 5) is 23.0. The van der Waals surface area contributed by atoms with Gasteiger partial charge in [0.2, 0.25) is 5.91 Å². The van der Waals surface area contributed by atoms with E-state index in [2.05, 4.69) is 33.2 Å². The normalized spacial score (nSPS) is 19.6. The SMILES string of the molecule is O=C1CCC(NC(=O)c2ccccc2I)CN1. The van der Waals surface area contributed by atoms with Crippen molar-refractivity contribution in [2.24, 2.45) is 0 Å². The summed E-state index contributed by atoms with van der Waals surface area (Å²) in [5.74, 6) is -0.0130. The first kappa shape index (κ1) is 12.3. The van der Waals surface area contributed by atoms with E-state index >= 15 is 0 Å². The molecule has 1 atom stereocenters. The second-order valence-electron chi connectivity index (χ2n) is 3.99.